The molecule has 7 nitrogen and oxygen atoms in total. The maximum Gasteiger partial charge on any atom is 0.273 e. The van der Waals surface area contributed by atoms with E-state index in [0.29, 0.717) is 22.8 Å². The molecule has 1 saturated carbocycles. The molecule has 1 heterocycles. The third-order valence-electron chi connectivity index (χ3n) is 5.51. The van der Waals surface area contributed by atoms with Crippen molar-refractivity contribution < 1.29 is 18.8 Å². The summed E-state index contributed by atoms with van der Waals surface area (Å²) in [5.74, 6) is 0.710. The number of carbonyl (C=O) groups is 2. The van der Waals surface area contributed by atoms with Crippen LogP contribution >= 0.6 is 0 Å². The number of amides is 2. The zero-order chi connectivity index (χ0) is 22.2. The third-order valence-corrected chi connectivity index (χ3v) is 5.51. The first-order valence-corrected chi connectivity index (χ1v) is 11.0. The van der Waals surface area contributed by atoms with Crippen LogP contribution in [0.3, 0.4) is 0 Å². The summed E-state index contributed by atoms with van der Waals surface area (Å²) in [4.78, 5) is 24.6. The SMILES string of the molecule is O=C(Nc1ccc(OCc2cc(C(=O)NC3CCCCCC3)no2)cc1)c1ccccc1. The highest BCUT2D eigenvalue weighted by atomic mass is 16.5. The van der Waals surface area contributed by atoms with E-state index in [1.807, 2.05) is 18.2 Å². The van der Waals surface area contributed by atoms with Crippen molar-refractivity contribution in [2.45, 2.75) is 51.2 Å². The van der Waals surface area contributed by atoms with Crippen LogP contribution in [0.15, 0.2) is 65.2 Å². The van der Waals surface area contributed by atoms with Crippen molar-refractivity contribution in [2.24, 2.45) is 0 Å². The van der Waals surface area contributed by atoms with Crippen LogP contribution in [0.25, 0.3) is 0 Å². The van der Waals surface area contributed by atoms with Crippen LogP contribution in [0.2, 0.25) is 0 Å². The summed E-state index contributed by atoms with van der Waals surface area (Å²) in [6.07, 6.45) is 6.80. The van der Waals surface area contributed by atoms with Gasteiger partial charge in [-0.25, -0.2) is 0 Å². The van der Waals surface area contributed by atoms with E-state index in [0.717, 1.165) is 25.7 Å². The van der Waals surface area contributed by atoms with Crippen molar-refractivity contribution in [3.8, 4) is 5.75 Å². The number of rotatable bonds is 7. The Morgan fingerprint density at radius 3 is 2.38 bits per heavy atom. The van der Waals surface area contributed by atoms with E-state index in [4.69, 9.17) is 9.26 Å². The topological polar surface area (TPSA) is 93.5 Å². The molecule has 0 saturated heterocycles. The summed E-state index contributed by atoms with van der Waals surface area (Å²) in [7, 11) is 0. The van der Waals surface area contributed by atoms with Gasteiger partial charge in [0.25, 0.3) is 11.8 Å². The molecule has 2 aromatic carbocycles. The molecule has 7 heteroatoms. The smallest absolute Gasteiger partial charge is 0.273 e. The van der Waals surface area contributed by atoms with E-state index in [1.165, 1.54) is 12.8 Å². The minimum atomic E-state index is -0.203. The standard InChI is InChI=1S/C25H27N3O4/c29-24(18-8-4-3-5-9-18)26-20-12-14-21(15-13-20)31-17-22-16-23(28-32-22)25(30)27-19-10-6-1-2-7-11-19/h3-5,8-9,12-16,19H,1-2,6-7,10-11,17H2,(H,26,29)(H,27,30). The number of nitrogens with one attached hydrogen (secondary N) is 2. The lowest BCUT2D eigenvalue weighted by molar-refractivity contribution is 0.0923. The van der Waals surface area contributed by atoms with E-state index in [-0.39, 0.29) is 30.2 Å². The molecule has 4 rings (SSSR count). The molecule has 1 aliphatic carbocycles. The highest BCUT2D eigenvalue weighted by Gasteiger charge is 2.18. The Balaban J connectivity index is 1.26. The number of ether oxygens (including phenoxy) is 1. The highest BCUT2D eigenvalue weighted by Crippen LogP contribution is 2.19. The van der Waals surface area contributed by atoms with E-state index >= 15 is 0 Å². The Hall–Kier alpha value is -3.61. The van der Waals surface area contributed by atoms with Crippen molar-refractivity contribution in [3.63, 3.8) is 0 Å². The van der Waals surface area contributed by atoms with Crippen LogP contribution in [-0.2, 0) is 6.61 Å². The van der Waals surface area contributed by atoms with E-state index < -0.39 is 0 Å². The second-order valence-corrected chi connectivity index (χ2v) is 7.97. The van der Waals surface area contributed by atoms with Crippen LogP contribution in [0.1, 0.15) is 65.1 Å². The summed E-state index contributed by atoms with van der Waals surface area (Å²) < 4.78 is 11.0. The van der Waals surface area contributed by atoms with Gasteiger partial charge in [0, 0.05) is 23.4 Å². The molecule has 1 fully saturated rings. The maximum absolute atomic E-state index is 12.4. The molecule has 2 amide bonds. The minimum absolute atomic E-state index is 0.152. The lowest BCUT2D eigenvalue weighted by Gasteiger charge is -2.14. The zero-order valence-corrected chi connectivity index (χ0v) is 17.9. The molecule has 3 aromatic rings. The highest BCUT2D eigenvalue weighted by molar-refractivity contribution is 6.04. The molecule has 0 spiro atoms. The van der Waals surface area contributed by atoms with Gasteiger partial charge in [0.15, 0.2) is 11.5 Å². The summed E-state index contributed by atoms with van der Waals surface area (Å²) in [5.41, 5.74) is 1.53. The first kappa shape index (κ1) is 21.6. The van der Waals surface area contributed by atoms with Gasteiger partial charge in [-0.2, -0.15) is 0 Å². The van der Waals surface area contributed by atoms with Gasteiger partial charge in [-0.3, -0.25) is 9.59 Å². The lowest BCUT2D eigenvalue weighted by atomic mass is 10.1. The molecule has 1 aliphatic rings. The Morgan fingerprint density at radius 2 is 1.66 bits per heavy atom. The molecule has 0 radical (unpaired) electrons. The molecule has 32 heavy (non-hydrogen) atoms. The predicted molar refractivity (Wildman–Crippen MR) is 121 cm³/mol. The second kappa shape index (κ2) is 10.6. The normalized spacial score (nSPS) is 14.4. The zero-order valence-electron chi connectivity index (χ0n) is 17.9. The Bertz CT molecular complexity index is 1020. The average molecular weight is 434 g/mol. The van der Waals surface area contributed by atoms with Crippen molar-refractivity contribution in [1.29, 1.82) is 0 Å². The van der Waals surface area contributed by atoms with Crippen molar-refractivity contribution in [2.75, 3.05) is 5.32 Å². The molecule has 0 unspecified atom stereocenters. The Morgan fingerprint density at radius 1 is 0.938 bits per heavy atom. The van der Waals surface area contributed by atoms with Crippen LogP contribution in [0, 0.1) is 0 Å². The Kier molecular flexibility index (Phi) is 7.17. The van der Waals surface area contributed by atoms with Crippen LogP contribution < -0.4 is 15.4 Å². The van der Waals surface area contributed by atoms with E-state index in [2.05, 4.69) is 15.8 Å². The lowest BCUT2D eigenvalue weighted by Crippen LogP contribution is -2.34. The molecule has 0 atom stereocenters. The summed E-state index contributed by atoms with van der Waals surface area (Å²) in [6.45, 7) is 0.152. The minimum Gasteiger partial charge on any atom is -0.486 e. The first-order valence-electron chi connectivity index (χ1n) is 11.0. The average Bonchev–Trinajstić information content (AvgIpc) is 3.16. The number of carbonyl (C=O) groups excluding carboxylic acids is 2. The molecule has 0 aliphatic heterocycles. The number of nitrogens with zero attached hydrogens (tertiary/aromatic N) is 1. The quantitative estimate of drug-likeness (QED) is 0.514. The summed E-state index contributed by atoms with van der Waals surface area (Å²) >= 11 is 0. The van der Waals surface area contributed by atoms with Crippen molar-refractivity contribution in [3.05, 3.63) is 77.7 Å². The van der Waals surface area contributed by atoms with Gasteiger partial charge in [-0.05, 0) is 49.2 Å². The monoisotopic (exact) mass is 433 g/mol. The molecular formula is C25H27N3O4. The van der Waals surface area contributed by atoms with Crippen LogP contribution in [-0.4, -0.2) is 23.0 Å². The largest absolute Gasteiger partial charge is 0.486 e. The van der Waals surface area contributed by atoms with Crippen molar-refractivity contribution >= 4 is 17.5 Å². The number of hydrogen-bond donors (Lipinski definition) is 2. The molecule has 2 N–H and O–H groups in total. The fourth-order valence-corrected chi connectivity index (χ4v) is 3.75. The van der Waals surface area contributed by atoms with Crippen LogP contribution in [0.5, 0.6) is 5.75 Å². The van der Waals surface area contributed by atoms with Crippen LogP contribution in [0.4, 0.5) is 5.69 Å². The summed E-state index contributed by atoms with van der Waals surface area (Å²) in [5, 5.41) is 9.78. The first-order chi connectivity index (χ1) is 15.7. The molecule has 1 aromatic heterocycles. The van der Waals surface area contributed by atoms with Gasteiger partial charge in [0.2, 0.25) is 0 Å². The molecule has 166 valence electrons. The van der Waals surface area contributed by atoms with Crippen molar-refractivity contribution in [1.82, 2.24) is 10.5 Å². The number of benzene rings is 2. The molecule has 0 bridgehead atoms. The fraction of sp³-hybridized carbons (Fsp3) is 0.320. The van der Waals surface area contributed by atoms with Gasteiger partial charge >= 0.3 is 0 Å². The van der Waals surface area contributed by atoms with Gasteiger partial charge < -0.3 is 19.9 Å². The van der Waals surface area contributed by atoms with Gasteiger partial charge in [0.1, 0.15) is 12.4 Å². The van der Waals surface area contributed by atoms with Gasteiger partial charge in [-0.1, -0.05) is 49.0 Å². The van der Waals surface area contributed by atoms with Gasteiger partial charge in [-0.15, -0.1) is 0 Å². The van der Waals surface area contributed by atoms with E-state index in [9.17, 15) is 9.59 Å². The number of anilines is 1. The number of aromatic nitrogens is 1. The second-order valence-electron chi connectivity index (χ2n) is 7.97. The fourth-order valence-electron chi connectivity index (χ4n) is 3.75. The summed E-state index contributed by atoms with van der Waals surface area (Å²) in [6, 6.07) is 17.9. The Labute approximate surface area is 187 Å². The molecular weight excluding hydrogens is 406 g/mol. The van der Waals surface area contributed by atoms with E-state index in [1.54, 1.807) is 42.5 Å². The maximum atomic E-state index is 12.4. The number of hydrogen-bond acceptors (Lipinski definition) is 5. The third kappa shape index (κ3) is 5.97. The predicted octanol–water partition coefficient (Wildman–Crippen LogP) is 4.96. The van der Waals surface area contributed by atoms with Gasteiger partial charge in [0.05, 0.1) is 0 Å².